The first kappa shape index (κ1) is 54.5. The molecule has 1 N–H and O–H groups in total. The third-order valence-electron chi connectivity index (χ3n) is 9.53. The minimum absolute atomic E-state index is 0.0310. The second-order valence-electron chi connectivity index (χ2n) is 15.9. The van der Waals surface area contributed by atoms with Crippen molar-refractivity contribution >= 4 is 17.9 Å². The van der Waals surface area contributed by atoms with Gasteiger partial charge in [-0.15, -0.1) is 0 Å². The van der Waals surface area contributed by atoms with Crippen LogP contribution in [0.1, 0.15) is 162 Å². The highest BCUT2D eigenvalue weighted by molar-refractivity contribution is 5.72. The van der Waals surface area contributed by atoms with Crippen molar-refractivity contribution in [2.45, 2.75) is 174 Å². The Bertz CT molecular complexity index is 1220. The lowest BCUT2D eigenvalue weighted by Crippen LogP contribution is -2.50. The van der Waals surface area contributed by atoms with E-state index in [1.807, 2.05) is 21.1 Å². The lowest BCUT2D eigenvalue weighted by Gasteiger charge is -2.31. The van der Waals surface area contributed by atoms with Crippen molar-refractivity contribution in [1.29, 1.82) is 0 Å². The molecule has 0 fully saturated rings. The van der Waals surface area contributed by atoms with Crippen LogP contribution in [0.4, 0.5) is 0 Å². The molecule has 0 rings (SSSR count). The van der Waals surface area contributed by atoms with Gasteiger partial charge in [-0.25, -0.2) is 4.79 Å². The summed E-state index contributed by atoms with van der Waals surface area (Å²) in [6.07, 6.45) is 52.0. The Hall–Kier alpha value is -3.49. The number of carboxylic acids is 1. The van der Waals surface area contributed by atoms with Crippen LogP contribution in [0.2, 0.25) is 0 Å². The summed E-state index contributed by atoms with van der Waals surface area (Å²) in [4.78, 5) is 37.0. The minimum Gasteiger partial charge on any atom is -0.477 e. The van der Waals surface area contributed by atoms with Gasteiger partial charge in [-0.3, -0.25) is 9.59 Å². The molecule has 0 aliphatic rings. The third kappa shape index (κ3) is 38.1. The molecule has 2 unspecified atom stereocenters. The van der Waals surface area contributed by atoms with Gasteiger partial charge < -0.3 is 23.8 Å². The molecule has 0 aromatic rings. The molecule has 0 heterocycles. The van der Waals surface area contributed by atoms with E-state index >= 15 is 0 Å². The van der Waals surface area contributed by atoms with Crippen LogP contribution >= 0.6 is 0 Å². The number of hydrogen-bond donors (Lipinski definition) is 1. The molecule has 0 bridgehead atoms. The van der Waals surface area contributed by atoms with Crippen molar-refractivity contribution in [3.05, 3.63) is 85.1 Å². The highest BCUT2D eigenvalue weighted by Crippen LogP contribution is 2.13. The quantitative estimate of drug-likeness (QED) is 0.0286. The number of carbonyl (C=O) groups is 3. The minimum atomic E-state index is -0.889. The average molecular weight is 811 g/mol. The fraction of sp³-hybridized carbons (Fsp3) is 0.660. The Morgan fingerprint density at radius 3 is 1.48 bits per heavy atom. The number of esters is 2. The second kappa shape index (κ2) is 40.3. The maximum Gasteiger partial charge on any atom is 0.362 e. The molecule has 0 radical (unpaired) electrons. The molecule has 0 aliphatic carbocycles. The number of allylic oxidation sites excluding steroid dienone is 14. The van der Waals surface area contributed by atoms with Crippen molar-refractivity contribution in [1.82, 2.24) is 0 Å². The van der Waals surface area contributed by atoms with E-state index < -0.39 is 18.1 Å². The number of hydrogen-bond acceptors (Lipinski definition) is 6. The zero-order valence-corrected chi connectivity index (χ0v) is 37.5. The van der Waals surface area contributed by atoms with E-state index in [1.54, 1.807) is 0 Å². The average Bonchev–Trinajstić information content (AvgIpc) is 3.18. The van der Waals surface area contributed by atoms with Crippen molar-refractivity contribution in [2.24, 2.45) is 0 Å². The van der Waals surface area contributed by atoms with Crippen LogP contribution in [0.25, 0.3) is 0 Å². The van der Waals surface area contributed by atoms with E-state index in [-0.39, 0.29) is 42.7 Å². The van der Waals surface area contributed by atoms with Crippen molar-refractivity contribution in [3.63, 3.8) is 0 Å². The number of rotatable bonds is 39. The molecular weight excluding hydrogens is 727 g/mol. The standard InChI is InChI=1S/C50H83NO7/c1-6-8-10-12-14-16-18-20-22-24-26-28-30-32-34-36-38-40-48(52)57-45-46(44-56-43-42-47(50(54)55)51(3,4)5)58-49(53)41-39-37-35-33-31-29-27-25-23-21-19-17-15-13-11-9-7-2/h9,11,14-17,20-23,27,29,33,35,46-47H,6-8,10,12-13,18-19,24-26,28,30-32,34,36-45H2,1-5H3/p+1/b11-9-,16-14-,17-15-,22-20-,23-21-,29-27-,35-33-. The smallest absolute Gasteiger partial charge is 0.362 e. The van der Waals surface area contributed by atoms with Gasteiger partial charge in [0.1, 0.15) is 6.61 Å². The topological polar surface area (TPSA) is 99.1 Å². The van der Waals surface area contributed by atoms with Gasteiger partial charge in [0.25, 0.3) is 0 Å². The van der Waals surface area contributed by atoms with Crippen molar-refractivity contribution in [3.8, 4) is 0 Å². The molecule has 0 aromatic carbocycles. The highest BCUT2D eigenvalue weighted by Gasteiger charge is 2.31. The molecule has 0 spiro atoms. The van der Waals surface area contributed by atoms with Crippen LogP contribution in [0.5, 0.6) is 0 Å². The predicted octanol–water partition coefficient (Wildman–Crippen LogP) is 12.5. The molecule has 0 saturated carbocycles. The molecule has 0 saturated heterocycles. The molecule has 330 valence electrons. The number of carbonyl (C=O) groups excluding carboxylic acids is 2. The van der Waals surface area contributed by atoms with Gasteiger partial charge in [0.2, 0.25) is 0 Å². The second-order valence-corrected chi connectivity index (χ2v) is 15.9. The van der Waals surface area contributed by atoms with Crippen LogP contribution < -0.4 is 0 Å². The lowest BCUT2D eigenvalue weighted by atomic mass is 10.1. The van der Waals surface area contributed by atoms with E-state index in [2.05, 4.69) is 98.9 Å². The third-order valence-corrected chi connectivity index (χ3v) is 9.53. The van der Waals surface area contributed by atoms with Crippen LogP contribution in [0.15, 0.2) is 85.1 Å². The fourth-order valence-electron chi connectivity index (χ4n) is 6.04. The van der Waals surface area contributed by atoms with Gasteiger partial charge in [0.15, 0.2) is 12.1 Å². The summed E-state index contributed by atoms with van der Waals surface area (Å²) >= 11 is 0. The Kier molecular flexibility index (Phi) is 37.9. The summed E-state index contributed by atoms with van der Waals surface area (Å²) in [5.74, 6) is -1.56. The van der Waals surface area contributed by atoms with E-state index in [0.29, 0.717) is 19.3 Å². The summed E-state index contributed by atoms with van der Waals surface area (Å²) in [6, 6.07) is -0.630. The normalized spacial score (nSPS) is 13.7. The summed E-state index contributed by atoms with van der Waals surface area (Å²) in [5.41, 5.74) is 0. The van der Waals surface area contributed by atoms with Crippen molar-refractivity contribution in [2.75, 3.05) is 41.0 Å². The molecule has 0 amide bonds. The van der Waals surface area contributed by atoms with Crippen LogP contribution in [-0.2, 0) is 28.6 Å². The number of carboxylic acid groups (broad SMARTS) is 1. The molecular formula is C50H84NO7+. The van der Waals surface area contributed by atoms with Gasteiger partial charge in [-0.2, -0.15) is 0 Å². The highest BCUT2D eigenvalue weighted by atomic mass is 16.6. The van der Waals surface area contributed by atoms with Gasteiger partial charge in [0.05, 0.1) is 34.4 Å². The number of aliphatic carboxylic acids is 1. The maximum atomic E-state index is 12.7. The zero-order valence-electron chi connectivity index (χ0n) is 37.5. The maximum absolute atomic E-state index is 12.7. The number of ether oxygens (including phenoxy) is 3. The number of likely N-dealkylation sites (N-methyl/N-ethyl adjacent to an activating group) is 1. The van der Waals surface area contributed by atoms with Crippen LogP contribution in [-0.4, -0.2) is 80.6 Å². The van der Waals surface area contributed by atoms with Gasteiger partial charge >= 0.3 is 17.9 Å². The monoisotopic (exact) mass is 811 g/mol. The Morgan fingerprint density at radius 1 is 0.534 bits per heavy atom. The summed E-state index contributed by atoms with van der Waals surface area (Å²) < 4.78 is 17.2. The molecule has 0 aromatic heterocycles. The first-order chi connectivity index (χ1) is 28.1. The molecule has 58 heavy (non-hydrogen) atoms. The summed E-state index contributed by atoms with van der Waals surface area (Å²) in [5, 5.41) is 9.62. The predicted molar refractivity (Wildman–Crippen MR) is 243 cm³/mol. The van der Waals surface area contributed by atoms with E-state index in [4.69, 9.17) is 14.2 Å². The summed E-state index contributed by atoms with van der Waals surface area (Å²) in [7, 11) is 5.50. The van der Waals surface area contributed by atoms with Gasteiger partial charge in [-0.05, 0) is 83.5 Å². The first-order valence-corrected chi connectivity index (χ1v) is 22.6. The van der Waals surface area contributed by atoms with E-state index in [9.17, 15) is 19.5 Å². The lowest BCUT2D eigenvalue weighted by molar-refractivity contribution is -0.887. The number of quaternary nitrogens is 1. The number of unbranched alkanes of at least 4 members (excludes halogenated alkanes) is 11. The Morgan fingerprint density at radius 2 is 0.983 bits per heavy atom. The van der Waals surface area contributed by atoms with Gasteiger partial charge in [0, 0.05) is 19.3 Å². The van der Waals surface area contributed by atoms with E-state index in [0.717, 1.165) is 70.6 Å². The zero-order chi connectivity index (χ0) is 42.8. The Labute approximate surface area is 354 Å². The number of nitrogens with zero attached hydrogens (tertiary/aromatic N) is 1. The SMILES string of the molecule is CC/C=C\C/C=C\C/C=C\C/C=C\C/C=C\CCCC(=O)OC(COCCC(C(=O)O)[N+](C)(C)C)COC(=O)CCCCCCCCC/C=C\C/C=C\CCCCC. The summed E-state index contributed by atoms with van der Waals surface area (Å²) in [6.45, 7) is 4.51. The van der Waals surface area contributed by atoms with Crippen LogP contribution in [0.3, 0.4) is 0 Å². The largest absolute Gasteiger partial charge is 0.477 e. The van der Waals surface area contributed by atoms with Gasteiger partial charge in [-0.1, -0.05) is 144 Å². The molecule has 2 atom stereocenters. The van der Waals surface area contributed by atoms with Crippen LogP contribution in [0, 0.1) is 0 Å². The fourth-order valence-corrected chi connectivity index (χ4v) is 6.04. The van der Waals surface area contributed by atoms with Crippen molar-refractivity contribution < 1.29 is 38.2 Å². The van der Waals surface area contributed by atoms with E-state index in [1.165, 1.54) is 51.4 Å². The molecule has 0 aliphatic heterocycles. The molecule has 8 nitrogen and oxygen atoms in total. The molecule has 8 heteroatoms. The Balaban J connectivity index is 4.45. The first-order valence-electron chi connectivity index (χ1n) is 22.6.